The summed E-state index contributed by atoms with van der Waals surface area (Å²) in [7, 11) is 0. The first-order valence-corrected chi connectivity index (χ1v) is 6.13. The molecule has 0 saturated carbocycles. The van der Waals surface area contributed by atoms with Crippen molar-refractivity contribution >= 4 is 28.9 Å². The Morgan fingerprint density at radius 2 is 2.20 bits per heavy atom. The number of thioether (sulfide) groups is 1. The van der Waals surface area contributed by atoms with Gasteiger partial charge in [-0.1, -0.05) is 17.8 Å². The van der Waals surface area contributed by atoms with Gasteiger partial charge in [0, 0.05) is 12.2 Å². The van der Waals surface area contributed by atoms with E-state index in [1.807, 2.05) is 0 Å². The van der Waals surface area contributed by atoms with Crippen LogP contribution in [-0.4, -0.2) is 17.0 Å². The van der Waals surface area contributed by atoms with E-state index in [-0.39, 0.29) is 36.1 Å². The maximum Gasteiger partial charge on any atom is 0.441 e. The Kier molecular flexibility index (Phi) is 4.66. The van der Waals surface area contributed by atoms with E-state index in [2.05, 4.69) is 0 Å². The summed E-state index contributed by atoms with van der Waals surface area (Å²) in [5, 5.41) is 1.78. The van der Waals surface area contributed by atoms with Crippen LogP contribution in [0.5, 0.6) is 0 Å². The minimum absolute atomic E-state index is 0.0549. The second-order valence-electron chi connectivity index (χ2n) is 2.80. The van der Waals surface area contributed by atoms with Gasteiger partial charge in [0.25, 0.3) is 0 Å². The first-order chi connectivity index (χ1) is 6.99. The molecule has 0 unspecified atom stereocenters. The smallest absolute Gasteiger partial charge is 0.293 e. The maximum atomic E-state index is 11.7. The van der Waals surface area contributed by atoms with Gasteiger partial charge in [0.05, 0.1) is 4.88 Å². The topological polar surface area (TPSA) is 17.1 Å². The first-order valence-electron chi connectivity index (χ1n) is 4.26. The molecule has 0 fully saturated rings. The van der Waals surface area contributed by atoms with Crippen LogP contribution >= 0.6 is 23.1 Å². The van der Waals surface area contributed by atoms with E-state index in [0.717, 1.165) is 0 Å². The molecular formula is C9H9F3OS2. The largest absolute Gasteiger partial charge is 0.441 e. The fraction of sp³-hybridized carbons (Fsp3) is 0.444. The van der Waals surface area contributed by atoms with E-state index in [1.54, 1.807) is 17.5 Å². The van der Waals surface area contributed by atoms with Gasteiger partial charge in [0.1, 0.15) is 0 Å². The van der Waals surface area contributed by atoms with Crippen LogP contribution in [0.4, 0.5) is 13.2 Å². The highest BCUT2D eigenvalue weighted by Crippen LogP contribution is 2.30. The molecule has 0 bridgehead atoms. The van der Waals surface area contributed by atoms with Gasteiger partial charge in [0.15, 0.2) is 5.78 Å². The Labute approximate surface area is 93.7 Å². The molecule has 6 heteroatoms. The number of Topliss-reactive ketones (excluding diaryl/α,β-unsaturated/α-hetero) is 1. The second-order valence-corrected chi connectivity index (χ2v) is 4.91. The van der Waals surface area contributed by atoms with Crippen molar-refractivity contribution in [2.24, 2.45) is 0 Å². The highest BCUT2D eigenvalue weighted by Gasteiger charge is 2.27. The van der Waals surface area contributed by atoms with Crippen molar-refractivity contribution in [3.63, 3.8) is 0 Å². The predicted octanol–water partition coefficient (Wildman–Crippen LogP) is 3.96. The molecule has 1 heterocycles. The summed E-state index contributed by atoms with van der Waals surface area (Å²) in [6.07, 6.45) is 0.449. The zero-order chi connectivity index (χ0) is 11.3. The van der Waals surface area contributed by atoms with Crippen molar-refractivity contribution in [1.29, 1.82) is 0 Å². The monoisotopic (exact) mass is 254 g/mol. The lowest BCUT2D eigenvalue weighted by Crippen LogP contribution is -2.03. The van der Waals surface area contributed by atoms with Gasteiger partial charge < -0.3 is 0 Å². The lowest BCUT2D eigenvalue weighted by atomic mass is 10.2. The van der Waals surface area contributed by atoms with Gasteiger partial charge in [-0.25, -0.2) is 0 Å². The van der Waals surface area contributed by atoms with Crippen LogP contribution < -0.4 is 0 Å². The third-order valence-electron chi connectivity index (χ3n) is 1.61. The minimum atomic E-state index is -4.19. The molecule has 0 aromatic carbocycles. The Morgan fingerprint density at radius 1 is 1.47 bits per heavy atom. The standard InChI is InChI=1S/C9H9F3OS2/c10-9(11,12)15-6-1-3-7(13)8-4-2-5-14-8/h2,4-5H,1,3,6H2. The molecule has 0 amide bonds. The van der Waals surface area contributed by atoms with Crippen LogP contribution in [0.3, 0.4) is 0 Å². The molecule has 0 aliphatic heterocycles. The summed E-state index contributed by atoms with van der Waals surface area (Å²) in [4.78, 5) is 12.0. The molecule has 84 valence electrons. The lowest BCUT2D eigenvalue weighted by Gasteiger charge is -2.04. The molecule has 0 spiro atoms. The van der Waals surface area contributed by atoms with Gasteiger partial charge in [-0.3, -0.25) is 4.79 Å². The Hall–Kier alpha value is -0.490. The Morgan fingerprint density at radius 3 is 2.73 bits per heavy atom. The van der Waals surface area contributed by atoms with Crippen LogP contribution in [-0.2, 0) is 0 Å². The molecule has 1 aromatic heterocycles. The third kappa shape index (κ3) is 5.22. The van der Waals surface area contributed by atoms with E-state index >= 15 is 0 Å². The molecule has 0 atom stereocenters. The van der Waals surface area contributed by atoms with Crippen molar-refractivity contribution in [3.8, 4) is 0 Å². The molecule has 0 aliphatic carbocycles. The normalized spacial score (nSPS) is 11.7. The summed E-state index contributed by atoms with van der Waals surface area (Å²) in [5.41, 5.74) is -4.19. The SMILES string of the molecule is O=C(CCCSC(F)(F)F)c1cccs1. The van der Waals surface area contributed by atoms with Crippen molar-refractivity contribution < 1.29 is 18.0 Å². The number of hydrogen-bond acceptors (Lipinski definition) is 3. The summed E-state index contributed by atoms with van der Waals surface area (Å²) < 4.78 is 35.2. The van der Waals surface area contributed by atoms with E-state index in [4.69, 9.17) is 0 Å². The number of carbonyl (C=O) groups excluding carboxylic acids is 1. The number of alkyl halides is 3. The first kappa shape index (κ1) is 12.6. The van der Waals surface area contributed by atoms with E-state index in [9.17, 15) is 18.0 Å². The third-order valence-corrected chi connectivity index (χ3v) is 3.34. The predicted molar refractivity (Wildman–Crippen MR) is 56.4 cm³/mol. The van der Waals surface area contributed by atoms with E-state index < -0.39 is 5.51 Å². The van der Waals surface area contributed by atoms with Crippen LogP contribution in [0.2, 0.25) is 0 Å². The van der Waals surface area contributed by atoms with E-state index in [1.165, 1.54) is 11.3 Å². The number of rotatable bonds is 5. The molecular weight excluding hydrogens is 245 g/mol. The average molecular weight is 254 g/mol. The highest BCUT2D eigenvalue weighted by atomic mass is 32.2. The van der Waals surface area contributed by atoms with Crippen LogP contribution in [0.15, 0.2) is 17.5 Å². The molecule has 0 aliphatic rings. The summed E-state index contributed by atoms with van der Waals surface area (Å²) in [6.45, 7) is 0. The number of thiophene rings is 1. The summed E-state index contributed by atoms with van der Waals surface area (Å²) in [6, 6.07) is 3.44. The van der Waals surface area contributed by atoms with Gasteiger partial charge in [0.2, 0.25) is 0 Å². The summed E-state index contributed by atoms with van der Waals surface area (Å²) in [5.74, 6) is -0.131. The molecule has 15 heavy (non-hydrogen) atoms. The van der Waals surface area contributed by atoms with Crippen LogP contribution in [0.25, 0.3) is 0 Å². The fourth-order valence-electron chi connectivity index (χ4n) is 0.981. The second kappa shape index (κ2) is 5.55. The van der Waals surface area contributed by atoms with Crippen LogP contribution in [0, 0.1) is 0 Å². The number of halogens is 3. The molecule has 0 saturated heterocycles. The Balaban J connectivity index is 2.19. The summed E-state index contributed by atoms with van der Waals surface area (Å²) >= 11 is 1.24. The molecule has 1 rings (SSSR count). The molecule has 1 nitrogen and oxygen atoms in total. The molecule has 0 N–H and O–H groups in total. The van der Waals surface area contributed by atoms with Crippen molar-refractivity contribution in [2.75, 3.05) is 5.75 Å². The zero-order valence-corrected chi connectivity index (χ0v) is 9.35. The van der Waals surface area contributed by atoms with Crippen molar-refractivity contribution in [1.82, 2.24) is 0 Å². The van der Waals surface area contributed by atoms with Gasteiger partial charge in [-0.15, -0.1) is 11.3 Å². The van der Waals surface area contributed by atoms with Gasteiger partial charge in [-0.2, -0.15) is 13.2 Å². The van der Waals surface area contributed by atoms with Gasteiger partial charge >= 0.3 is 5.51 Å². The maximum absolute atomic E-state index is 11.7. The quantitative estimate of drug-likeness (QED) is 0.584. The van der Waals surface area contributed by atoms with Crippen LogP contribution in [0.1, 0.15) is 22.5 Å². The fourth-order valence-corrected chi connectivity index (χ4v) is 2.20. The van der Waals surface area contributed by atoms with E-state index in [0.29, 0.717) is 4.88 Å². The average Bonchev–Trinajstić information content (AvgIpc) is 2.63. The minimum Gasteiger partial charge on any atom is -0.293 e. The van der Waals surface area contributed by atoms with Gasteiger partial charge in [-0.05, 0) is 17.9 Å². The number of hydrogen-bond donors (Lipinski definition) is 0. The highest BCUT2D eigenvalue weighted by molar-refractivity contribution is 8.00. The van der Waals surface area contributed by atoms with Crippen molar-refractivity contribution in [3.05, 3.63) is 22.4 Å². The lowest BCUT2D eigenvalue weighted by molar-refractivity contribution is -0.0328. The molecule has 1 aromatic rings. The number of ketones is 1. The molecule has 0 radical (unpaired) electrons. The Bertz CT molecular complexity index is 306. The number of carbonyl (C=O) groups is 1. The van der Waals surface area contributed by atoms with Crippen molar-refractivity contribution in [2.45, 2.75) is 18.3 Å². The zero-order valence-electron chi connectivity index (χ0n) is 7.71.